The molecule has 1 amide bonds. The predicted octanol–water partition coefficient (Wildman–Crippen LogP) is 1.19. The van der Waals surface area contributed by atoms with Crippen LogP contribution in [-0.4, -0.2) is 34.4 Å². The van der Waals surface area contributed by atoms with Crippen molar-refractivity contribution in [2.75, 3.05) is 13.1 Å². The average molecular weight is 264 g/mol. The van der Waals surface area contributed by atoms with Crippen LogP contribution in [-0.2, 0) is 0 Å². The summed E-state index contributed by atoms with van der Waals surface area (Å²) in [6, 6.07) is 0.417. The molecule has 5 nitrogen and oxygen atoms in total. The van der Waals surface area contributed by atoms with Crippen LogP contribution in [0.5, 0.6) is 0 Å². The molecule has 2 aromatic rings. The lowest BCUT2D eigenvalue weighted by Crippen LogP contribution is -2.37. The molecule has 6 heteroatoms. The number of carbonyl (C=O) groups is 1. The van der Waals surface area contributed by atoms with E-state index in [2.05, 4.69) is 15.6 Å². The van der Waals surface area contributed by atoms with Gasteiger partial charge in [-0.3, -0.25) is 9.20 Å². The minimum absolute atomic E-state index is 0.0351. The Bertz CT molecular complexity index is 568. The van der Waals surface area contributed by atoms with Crippen LogP contribution in [0, 0.1) is 6.92 Å². The van der Waals surface area contributed by atoms with E-state index in [9.17, 15) is 4.79 Å². The topological polar surface area (TPSA) is 58.4 Å². The van der Waals surface area contributed by atoms with E-state index in [4.69, 9.17) is 0 Å². The van der Waals surface area contributed by atoms with Crippen LogP contribution in [0.4, 0.5) is 0 Å². The summed E-state index contributed by atoms with van der Waals surface area (Å²) < 4.78 is 1.86. The molecule has 2 aromatic heterocycles. The van der Waals surface area contributed by atoms with Crippen LogP contribution in [0.1, 0.15) is 29.0 Å². The Morgan fingerprint density at radius 1 is 1.72 bits per heavy atom. The second kappa shape index (κ2) is 4.70. The summed E-state index contributed by atoms with van der Waals surface area (Å²) in [5.41, 5.74) is 1.45. The minimum atomic E-state index is -0.0351. The van der Waals surface area contributed by atoms with Gasteiger partial charge in [0.05, 0.1) is 5.69 Å². The number of nitrogens with one attached hydrogen (secondary N) is 2. The van der Waals surface area contributed by atoms with E-state index in [1.54, 1.807) is 11.3 Å². The molecule has 1 saturated heterocycles. The molecule has 1 aliphatic heterocycles. The molecule has 96 valence electrons. The molecule has 0 unspecified atom stereocenters. The number of thiazole rings is 1. The van der Waals surface area contributed by atoms with Gasteiger partial charge in [-0.25, -0.2) is 4.98 Å². The molecule has 0 spiro atoms. The molecule has 1 fully saturated rings. The van der Waals surface area contributed by atoms with Crippen LogP contribution < -0.4 is 10.6 Å². The molecule has 1 aliphatic rings. The largest absolute Gasteiger partial charge is 0.349 e. The summed E-state index contributed by atoms with van der Waals surface area (Å²) in [6.45, 7) is 3.62. The van der Waals surface area contributed by atoms with Gasteiger partial charge in [0.25, 0.3) is 5.91 Å². The van der Waals surface area contributed by atoms with Crippen LogP contribution in [0.25, 0.3) is 4.96 Å². The van der Waals surface area contributed by atoms with Crippen molar-refractivity contribution in [2.45, 2.75) is 25.8 Å². The summed E-state index contributed by atoms with van der Waals surface area (Å²) in [7, 11) is 0. The third-order valence-corrected chi connectivity index (χ3v) is 4.08. The Hall–Kier alpha value is -1.40. The molecule has 18 heavy (non-hydrogen) atoms. The molecule has 3 rings (SSSR count). The Morgan fingerprint density at radius 2 is 2.61 bits per heavy atom. The van der Waals surface area contributed by atoms with E-state index in [0.717, 1.165) is 23.6 Å². The van der Waals surface area contributed by atoms with Gasteiger partial charge in [-0.1, -0.05) is 0 Å². The Balaban J connectivity index is 1.74. The number of hydrogen-bond donors (Lipinski definition) is 2. The molecule has 0 aromatic carbocycles. The van der Waals surface area contributed by atoms with Gasteiger partial charge >= 0.3 is 0 Å². The van der Waals surface area contributed by atoms with Crippen molar-refractivity contribution in [3.8, 4) is 0 Å². The first-order chi connectivity index (χ1) is 8.75. The van der Waals surface area contributed by atoms with Crippen LogP contribution in [0.3, 0.4) is 0 Å². The van der Waals surface area contributed by atoms with E-state index >= 15 is 0 Å². The zero-order valence-electron chi connectivity index (χ0n) is 10.3. The Kier molecular flexibility index (Phi) is 3.05. The summed E-state index contributed by atoms with van der Waals surface area (Å²) in [6.07, 6.45) is 4.23. The van der Waals surface area contributed by atoms with Gasteiger partial charge in [0.1, 0.15) is 5.69 Å². The van der Waals surface area contributed by atoms with Gasteiger partial charge in [0.2, 0.25) is 0 Å². The fourth-order valence-corrected chi connectivity index (χ4v) is 3.16. The molecule has 2 N–H and O–H groups in total. The highest BCUT2D eigenvalue weighted by molar-refractivity contribution is 7.15. The van der Waals surface area contributed by atoms with Crippen molar-refractivity contribution in [3.63, 3.8) is 0 Å². The third kappa shape index (κ3) is 2.02. The van der Waals surface area contributed by atoms with Gasteiger partial charge < -0.3 is 10.6 Å². The number of nitrogens with zero attached hydrogens (tertiary/aromatic N) is 2. The molecular formula is C12H16N4OS. The SMILES string of the molecule is Cc1nc2sccn2c1C(=O)NC[C@@H]1CCCN1. The zero-order valence-corrected chi connectivity index (χ0v) is 11.1. The van der Waals surface area contributed by atoms with Crippen molar-refractivity contribution in [1.82, 2.24) is 20.0 Å². The molecule has 0 bridgehead atoms. The third-order valence-electron chi connectivity index (χ3n) is 3.32. The van der Waals surface area contributed by atoms with Gasteiger partial charge in [0.15, 0.2) is 4.96 Å². The highest BCUT2D eigenvalue weighted by Crippen LogP contribution is 2.16. The maximum atomic E-state index is 12.2. The summed E-state index contributed by atoms with van der Waals surface area (Å²) in [4.78, 5) is 17.5. The van der Waals surface area contributed by atoms with Gasteiger partial charge in [-0.15, -0.1) is 11.3 Å². The monoisotopic (exact) mass is 264 g/mol. The van der Waals surface area contributed by atoms with Crippen molar-refractivity contribution in [2.24, 2.45) is 0 Å². The number of aryl methyl sites for hydroxylation is 1. The number of carbonyl (C=O) groups excluding carboxylic acids is 1. The van der Waals surface area contributed by atoms with Crippen LogP contribution in [0.2, 0.25) is 0 Å². The smallest absolute Gasteiger partial charge is 0.270 e. The number of rotatable bonds is 3. The van der Waals surface area contributed by atoms with Gasteiger partial charge in [0, 0.05) is 24.2 Å². The number of hydrogen-bond acceptors (Lipinski definition) is 4. The van der Waals surface area contributed by atoms with Gasteiger partial charge in [-0.05, 0) is 26.3 Å². The highest BCUT2D eigenvalue weighted by atomic mass is 32.1. The first-order valence-electron chi connectivity index (χ1n) is 6.19. The zero-order chi connectivity index (χ0) is 12.5. The molecule has 1 atom stereocenters. The number of amides is 1. The second-order valence-corrected chi connectivity index (χ2v) is 5.48. The first kappa shape index (κ1) is 11.7. The number of fused-ring (bicyclic) bond motifs is 1. The molecular weight excluding hydrogens is 248 g/mol. The van der Waals surface area contributed by atoms with E-state index in [1.165, 1.54) is 6.42 Å². The van der Waals surface area contributed by atoms with E-state index in [0.29, 0.717) is 18.3 Å². The van der Waals surface area contributed by atoms with Gasteiger partial charge in [-0.2, -0.15) is 0 Å². The van der Waals surface area contributed by atoms with Crippen LogP contribution in [0.15, 0.2) is 11.6 Å². The maximum Gasteiger partial charge on any atom is 0.270 e. The fraction of sp³-hybridized carbons (Fsp3) is 0.500. The summed E-state index contributed by atoms with van der Waals surface area (Å²) in [5.74, 6) is -0.0351. The van der Waals surface area contributed by atoms with E-state index in [-0.39, 0.29) is 5.91 Å². The lowest BCUT2D eigenvalue weighted by molar-refractivity contribution is 0.0944. The fourth-order valence-electron chi connectivity index (χ4n) is 2.40. The minimum Gasteiger partial charge on any atom is -0.349 e. The number of imidazole rings is 1. The Labute approximate surface area is 109 Å². The number of aromatic nitrogens is 2. The first-order valence-corrected chi connectivity index (χ1v) is 7.07. The van der Waals surface area contributed by atoms with E-state index < -0.39 is 0 Å². The molecule has 0 radical (unpaired) electrons. The molecule has 0 saturated carbocycles. The van der Waals surface area contributed by atoms with Crippen molar-refractivity contribution in [1.29, 1.82) is 0 Å². The van der Waals surface area contributed by atoms with Crippen LogP contribution >= 0.6 is 11.3 Å². The molecule has 3 heterocycles. The van der Waals surface area contributed by atoms with Crippen molar-refractivity contribution < 1.29 is 4.79 Å². The summed E-state index contributed by atoms with van der Waals surface area (Å²) >= 11 is 1.54. The predicted molar refractivity (Wildman–Crippen MR) is 71.2 cm³/mol. The quantitative estimate of drug-likeness (QED) is 0.875. The van der Waals surface area contributed by atoms with E-state index in [1.807, 2.05) is 22.9 Å². The lowest BCUT2D eigenvalue weighted by Gasteiger charge is -2.11. The average Bonchev–Trinajstić information content (AvgIpc) is 3.01. The summed E-state index contributed by atoms with van der Waals surface area (Å²) in [5, 5.41) is 8.30. The lowest BCUT2D eigenvalue weighted by atomic mass is 10.2. The van der Waals surface area contributed by atoms with Crippen molar-refractivity contribution in [3.05, 3.63) is 23.0 Å². The normalized spacial score (nSPS) is 19.5. The van der Waals surface area contributed by atoms with Crippen molar-refractivity contribution >= 4 is 22.2 Å². The Morgan fingerprint density at radius 3 is 3.39 bits per heavy atom. The highest BCUT2D eigenvalue weighted by Gasteiger charge is 2.19. The maximum absolute atomic E-state index is 12.2. The standard InChI is InChI=1S/C12H16N4OS/c1-8-10(16-5-6-18-12(16)15-8)11(17)14-7-9-3-2-4-13-9/h5-6,9,13H,2-4,7H2,1H3,(H,14,17)/t9-/m0/s1. The second-order valence-electron chi connectivity index (χ2n) is 4.60. The molecule has 0 aliphatic carbocycles.